The number of hydrogen-bond donors (Lipinski definition) is 1. The predicted octanol–water partition coefficient (Wildman–Crippen LogP) is 3.15. The lowest BCUT2D eigenvalue weighted by Crippen LogP contribution is -2.27. The number of amides is 1. The maximum absolute atomic E-state index is 13.1. The van der Waals surface area contributed by atoms with Gasteiger partial charge in [-0.3, -0.25) is 4.79 Å². The molecule has 1 aromatic carbocycles. The van der Waals surface area contributed by atoms with Crippen molar-refractivity contribution in [1.82, 2.24) is 14.6 Å². The van der Waals surface area contributed by atoms with Gasteiger partial charge in [0.05, 0.1) is 23.5 Å². The number of carbonyl (C=O) groups excluding carboxylic acids is 1. The lowest BCUT2D eigenvalue weighted by atomic mass is 9.86. The van der Waals surface area contributed by atoms with Crippen molar-refractivity contribution in [2.24, 2.45) is 17.6 Å². The van der Waals surface area contributed by atoms with Gasteiger partial charge in [0.1, 0.15) is 5.82 Å². The number of rotatable bonds is 4. The Morgan fingerprint density at radius 3 is 2.70 bits per heavy atom. The van der Waals surface area contributed by atoms with E-state index < -0.39 is 0 Å². The van der Waals surface area contributed by atoms with Gasteiger partial charge in [0.25, 0.3) is 0 Å². The summed E-state index contributed by atoms with van der Waals surface area (Å²) in [6.45, 7) is 1.97. The molecule has 3 aromatic rings. The van der Waals surface area contributed by atoms with Crippen molar-refractivity contribution in [2.45, 2.75) is 13.3 Å². The maximum Gasteiger partial charge on any atom is 0.224 e. The van der Waals surface area contributed by atoms with Crippen LogP contribution in [-0.4, -0.2) is 20.5 Å². The van der Waals surface area contributed by atoms with E-state index in [9.17, 15) is 9.18 Å². The van der Waals surface area contributed by atoms with Gasteiger partial charge < -0.3 is 5.73 Å². The third kappa shape index (κ3) is 3.38. The first-order valence-corrected chi connectivity index (χ1v) is 8.79. The summed E-state index contributed by atoms with van der Waals surface area (Å²) in [5.74, 6) is -0.865. The van der Waals surface area contributed by atoms with Crippen LogP contribution in [0.1, 0.15) is 23.9 Å². The van der Waals surface area contributed by atoms with Gasteiger partial charge in [0.15, 0.2) is 5.65 Å². The van der Waals surface area contributed by atoms with Gasteiger partial charge in [-0.15, -0.1) is 0 Å². The molecule has 2 unspecified atom stereocenters. The Labute approximate surface area is 156 Å². The largest absolute Gasteiger partial charge is 0.369 e. The van der Waals surface area contributed by atoms with Crippen LogP contribution in [0.15, 0.2) is 60.8 Å². The van der Waals surface area contributed by atoms with Crippen LogP contribution in [0.4, 0.5) is 4.39 Å². The van der Waals surface area contributed by atoms with Crippen LogP contribution in [0.2, 0.25) is 0 Å². The summed E-state index contributed by atoms with van der Waals surface area (Å²) in [4.78, 5) is 15.9. The van der Waals surface area contributed by atoms with E-state index in [4.69, 9.17) is 10.8 Å². The second-order valence-corrected chi connectivity index (χ2v) is 6.81. The van der Waals surface area contributed by atoms with E-state index in [0.717, 1.165) is 28.2 Å². The number of carbonyl (C=O) groups is 1. The van der Waals surface area contributed by atoms with Crippen LogP contribution in [0.3, 0.4) is 0 Å². The summed E-state index contributed by atoms with van der Waals surface area (Å²) in [6.07, 6.45) is 8.13. The first-order valence-electron chi connectivity index (χ1n) is 8.79. The topological polar surface area (TPSA) is 73.3 Å². The second-order valence-electron chi connectivity index (χ2n) is 6.81. The number of allylic oxidation sites excluding steroid dienone is 3. The van der Waals surface area contributed by atoms with Crippen LogP contribution >= 0.6 is 0 Å². The Bertz CT molecular complexity index is 1070. The summed E-state index contributed by atoms with van der Waals surface area (Å²) >= 11 is 0. The molecule has 2 N–H and O–H groups in total. The number of primary amides is 1. The third-order valence-electron chi connectivity index (χ3n) is 4.83. The third-order valence-corrected chi connectivity index (χ3v) is 4.83. The van der Waals surface area contributed by atoms with Gasteiger partial charge in [-0.05, 0) is 41.3 Å². The monoisotopic (exact) mass is 362 g/mol. The molecular formula is C21H19FN4O. The Morgan fingerprint density at radius 1 is 1.22 bits per heavy atom. The van der Waals surface area contributed by atoms with E-state index in [1.54, 1.807) is 22.8 Å². The number of nitrogens with zero attached hydrogens (tertiary/aromatic N) is 3. The van der Waals surface area contributed by atoms with Crippen LogP contribution in [0.25, 0.3) is 11.2 Å². The van der Waals surface area contributed by atoms with E-state index in [-0.39, 0.29) is 23.6 Å². The molecule has 1 amide bonds. The van der Waals surface area contributed by atoms with Crippen molar-refractivity contribution in [2.75, 3.05) is 0 Å². The lowest BCUT2D eigenvalue weighted by molar-refractivity contribution is -0.121. The average molecular weight is 362 g/mol. The molecule has 2 atom stereocenters. The van der Waals surface area contributed by atoms with E-state index in [1.165, 1.54) is 12.1 Å². The second kappa shape index (κ2) is 6.79. The number of fused-ring (bicyclic) bond motifs is 1. The summed E-state index contributed by atoms with van der Waals surface area (Å²) < 4.78 is 14.9. The fraction of sp³-hybridized carbons (Fsp3) is 0.190. The molecule has 2 heterocycles. The summed E-state index contributed by atoms with van der Waals surface area (Å²) in [7, 11) is 0. The molecule has 0 bridgehead atoms. The molecule has 1 aliphatic rings. The van der Waals surface area contributed by atoms with Gasteiger partial charge in [-0.25, -0.2) is 13.9 Å². The van der Waals surface area contributed by atoms with Crippen LogP contribution in [-0.2, 0) is 11.2 Å². The molecule has 0 aliphatic heterocycles. The minimum Gasteiger partial charge on any atom is -0.369 e. The van der Waals surface area contributed by atoms with Crippen LogP contribution < -0.4 is 5.73 Å². The zero-order chi connectivity index (χ0) is 19.0. The van der Waals surface area contributed by atoms with Gasteiger partial charge in [-0.1, -0.05) is 37.3 Å². The molecule has 6 heteroatoms. The number of nitrogens with two attached hydrogens (primary N) is 1. The lowest BCUT2D eigenvalue weighted by Gasteiger charge is -2.19. The molecule has 0 spiro atoms. The first-order chi connectivity index (χ1) is 13.0. The molecule has 27 heavy (non-hydrogen) atoms. The van der Waals surface area contributed by atoms with E-state index in [2.05, 4.69) is 4.98 Å². The highest BCUT2D eigenvalue weighted by molar-refractivity contribution is 5.83. The average Bonchev–Trinajstić information content (AvgIpc) is 3.06. The fourth-order valence-electron chi connectivity index (χ4n) is 3.36. The Hall–Kier alpha value is -3.28. The molecule has 1 aliphatic carbocycles. The smallest absolute Gasteiger partial charge is 0.224 e. The van der Waals surface area contributed by atoms with Gasteiger partial charge in [-0.2, -0.15) is 5.10 Å². The molecule has 0 saturated carbocycles. The minimum atomic E-state index is -0.327. The Kier molecular flexibility index (Phi) is 4.32. The number of halogens is 1. The number of benzene rings is 1. The summed E-state index contributed by atoms with van der Waals surface area (Å²) in [5, 5.41) is 4.70. The Balaban J connectivity index is 1.67. The molecule has 2 aromatic heterocycles. The van der Waals surface area contributed by atoms with Crippen molar-refractivity contribution in [3.8, 4) is 0 Å². The molecule has 136 valence electrons. The normalized spacial score (nSPS) is 19.3. The van der Waals surface area contributed by atoms with Crippen molar-refractivity contribution >= 4 is 17.1 Å². The van der Waals surface area contributed by atoms with Crippen LogP contribution in [0.5, 0.6) is 0 Å². The van der Waals surface area contributed by atoms with Gasteiger partial charge in [0, 0.05) is 6.42 Å². The molecule has 0 radical (unpaired) electrons. The molecule has 5 nitrogen and oxygen atoms in total. The fourth-order valence-corrected chi connectivity index (χ4v) is 3.36. The maximum atomic E-state index is 13.1. The number of hydrogen-bond acceptors (Lipinski definition) is 3. The SMILES string of the molecule is CC1C=C(c2cnc3ccc(Cc4ccc(F)cc4)nn23)C=CC1C(N)=O. The standard InChI is InChI=1S/C21H19FN4O/c1-13-10-15(4-8-18(13)21(23)27)19-12-24-20-9-7-17(25-26(19)20)11-14-2-5-16(22)6-3-14/h2-10,12-13,18H,11H2,1H3,(H2,23,27). The van der Waals surface area contributed by atoms with Crippen LogP contribution in [0, 0.1) is 17.7 Å². The van der Waals surface area contributed by atoms with Gasteiger partial charge in [0.2, 0.25) is 5.91 Å². The van der Waals surface area contributed by atoms with E-state index >= 15 is 0 Å². The first kappa shape index (κ1) is 17.1. The molecule has 0 saturated heterocycles. The molecule has 4 rings (SSSR count). The van der Waals surface area contributed by atoms with Crippen molar-refractivity contribution in [3.63, 3.8) is 0 Å². The highest BCUT2D eigenvalue weighted by Crippen LogP contribution is 2.28. The number of imidazole rings is 1. The predicted molar refractivity (Wildman–Crippen MR) is 101 cm³/mol. The minimum absolute atomic E-state index is 0.00967. The zero-order valence-electron chi connectivity index (χ0n) is 14.8. The molecule has 0 fully saturated rings. The highest BCUT2D eigenvalue weighted by Gasteiger charge is 2.23. The summed E-state index contributed by atoms with van der Waals surface area (Å²) in [6, 6.07) is 10.3. The summed E-state index contributed by atoms with van der Waals surface area (Å²) in [5.41, 5.74) is 9.84. The van der Waals surface area contributed by atoms with Crippen molar-refractivity contribution in [3.05, 3.63) is 83.6 Å². The zero-order valence-corrected chi connectivity index (χ0v) is 14.8. The molecular weight excluding hydrogens is 343 g/mol. The quantitative estimate of drug-likeness (QED) is 0.775. The Morgan fingerprint density at radius 2 is 2.00 bits per heavy atom. The van der Waals surface area contributed by atoms with Crippen molar-refractivity contribution < 1.29 is 9.18 Å². The van der Waals surface area contributed by atoms with Gasteiger partial charge >= 0.3 is 0 Å². The number of aromatic nitrogens is 3. The van der Waals surface area contributed by atoms with E-state index in [1.807, 2.05) is 37.3 Å². The van der Waals surface area contributed by atoms with E-state index in [0.29, 0.717) is 6.42 Å². The highest BCUT2D eigenvalue weighted by atomic mass is 19.1. The van der Waals surface area contributed by atoms with Crippen molar-refractivity contribution in [1.29, 1.82) is 0 Å².